The summed E-state index contributed by atoms with van der Waals surface area (Å²) in [6.07, 6.45) is 2.46. The Morgan fingerprint density at radius 1 is 1.75 bits per heavy atom. The first-order chi connectivity index (χ1) is 3.91. The van der Waals surface area contributed by atoms with Crippen LogP contribution in [0.15, 0.2) is 5.16 Å². The number of hydrogen-bond acceptors (Lipinski definition) is 3. The Kier molecular flexibility index (Phi) is 5.97. The fourth-order valence-corrected chi connectivity index (χ4v) is 0.254. The Morgan fingerprint density at radius 2 is 2.50 bits per heavy atom. The molecule has 0 aromatic rings. The van der Waals surface area contributed by atoms with E-state index in [1.165, 1.54) is 0 Å². The molecule has 8 heavy (non-hydrogen) atoms. The van der Waals surface area contributed by atoms with Crippen LogP contribution >= 0.6 is 0 Å². The highest BCUT2D eigenvalue weighted by Gasteiger charge is 1.71. The predicted octanol–water partition coefficient (Wildman–Crippen LogP) is 0.358. The highest BCUT2D eigenvalue weighted by molar-refractivity contribution is 5.56. The average Bonchev–Trinajstić information content (AvgIpc) is 1.81. The summed E-state index contributed by atoms with van der Waals surface area (Å²) in [6.45, 7) is 3.15. The minimum atomic E-state index is 0.626. The fourth-order valence-electron chi connectivity index (χ4n) is 0.254. The Labute approximate surface area is 49.5 Å². The maximum atomic E-state index is 5.16. The van der Waals surface area contributed by atoms with E-state index in [9.17, 15) is 0 Å². The molecule has 0 saturated carbocycles. The van der Waals surface area contributed by atoms with E-state index >= 15 is 0 Å². The van der Waals surface area contributed by atoms with E-state index in [0.29, 0.717) is 13.2 Å². The van der Waals surface area contributed by atoms with Crippen LogP contribution in [0.2, 0.25) is 0 Å². The van der Waals surface area contributed by atoms with Crippen molar-refractivity contribution < 1.29 is 4.84 Å². The molecule has 2 N–H and O–H groups in total. The van der Waals surface area contributed by atoms with E-state index in [0.717, 1.165) is 6.42 Å². The van der Waals surface area contributed by atoms with Crippen molar-refractivity contribution in [1.29, 1.82) is 0 Å². The van der Waals surface area contributed by atoms with Crippen LogP contribution in [0.1, 0.15) is 13.3 Å². The molecule has 3 nitrogen and oxygen atoms in total. The van der Waals surface area contributed by atoms with Crippen LogP contribution in [0.3, 0.4) is 0 Å². The minimum absolute atomic E-state index is 0.626. The third kappa shape index (κ3) is 5.43. The van der Waals surface area contributed by atoms with Crippen molar-refractivity contribution >= 4 is 6.21 Å². The molecule has 48 valence electrons. The Morgan fingerprint density at radius 3 is 3.00 bits per heavy atom. The van der Waals surface area contributed by atoms with E-state index < -0.39 is 0 Å². The molecule has 0 aromatic heterocycles. The molecule has 0 spiro atoms. The molecule has 0 unspecified atom stereocenters. The molecule has 0 aromatic carbocycles. The normalized spacial score (nSPS) is 10.2. The zero-order chi connectivity index (χ0) is 6.24. The second-order valence-corrected chi connectivity index (χ2v) is 1.28. The van der Waals surface area contributed by atoms with E-state index in [2.05, 4.69) is 9.99 Å². The van der Waals surface area contributed by atoms with Gasteiger partial charge in [-0.15, -0.1) is 0 Å². The topological polar surface area (TPSA) is 47.6 Å². The van der Waals surface area contributed by atoms with Crippen molar-refractivity contribution in [3.8, 4) is 0 Å². The standard InChI is InChI=1S/C5H12N2O/c1-2-8-7-5-3-4-6/h5H,2-4,6H2,1H3/b7-5+. The van der Waals surface area contributed by atoms with Crippen molar-refractivity contribution in [3.63, 3.8) is 0 Å². The molecule has 0 radical (unpaired) electrons. The lowest BCUT2D eigenvalue weighted by atomic mass is 10.5. The van der Waals surface area contributed by atoms with Crippen molar-refractivity contribution in [2.24, 2.45) is 10.9 Å². The van der Waals surface area contributed by atoms with Crippen LogP contribution in [0.25, 0.3) is 0 Å². The Balaban J connectivity index is 2.83. The van der Waals surface area contributed by atoms with Crippen LogP contribution < -0.4 is 5.73 Å². The van der Waals surface area contributed by atoms with Gasteiger partial charge in [0.25, 0.3) is 0 Å². The highest BCUT2D eigenvalue weighted by Crippen LogP contribution is 1.72. The van der Waals surface area contributed by atoms with Crippen molar-refractivity contribution in [2.75, 3.05) is 13.2 Å². The summed E-state index contributed by atoms with van der Waals surface area (Å²) in [5.74, 6) is 0. The van der Waals surface area contributed by atoms with Gasteiger partial charge in [0.1, 0.15) is 6.61 Å². The van der Waals surface area contributed by atoms with Crippen LogP contribution in [0.5, 0.6) is 0 Å². The SMILES string of the molecule is CCO/N=C/CCN. The molecule has 0 fully saturated rings. The lowest BCUT2D eigenvalue weighted by molar-refractivity contribution is 0.160. The van der Waals surface area contributed by atoms with Gasteiger partial charge >= 0.3 is 0 Å². The van der Waals surface area contributed by atoms with Gasteiger partial charge in [-0.05, 0) is 19.9 Å². The molecule has 0 amide bonds. The number of oxime groups is 1. The molecule has 0 rings (SSSR count). The molecule has 0 bridgehead atoms. The van der Waals surface area contributed by atoms with Gasteiger partial charge in [-0.1, -0.05) is 5.16 Å². The van der Waals surface area contributed by atoms with Gasteiger partial charge in [0.15, 0.2) is 0 Å². The first-order valence-corrected chi connectivity index (χ1v) is 2.75. The smallest absolute Gasteiger partial charge is 0.114 e. The maximum absolute atomic E-state index is 5.16. The monoisotopic (exact) mass is 116 g/mol. The predicted molar refractivity (Wildman–Crippen MR) is 33.8 cm³/mol. The first kappa shape index (κ1) is 7.43. The molecular weight excluding hydrogens is 104 g/mol. The molecule has 3 heteroatoms. The highest BCUT2D eigenvalue weighted by atomic mass is 16.6. The van der Waals surface area contributed by atoms with Crippen molar-refractivity contribution in [2.45, 2.75) is 13.3 Å². The number of hydrogen-bond donors (Lipinski definition) is 1. The minimum Gasteiger partial charge on any atom is -0.396 e. The zero-order valence-corrected chi connectivity index (χ0v) is 5.13. The lowest BCUT2D eigenvalue weighted by Gasteiger charge is -1.88. The molecule has 0 saturated heterocycles. The summed E-state index contributed by atoms with van der Waals surface area (Å²) in [7, 11) is 0. The summed E-state index contributed by atoms with van der Waals surface area (Å²) in [5.41, 5.74) is 5.16. The summed E-state index contributed by atoms with van der Waals surface area (Å²) < 4.78 is 0. The van der Waals surface area contributed by atoms with Gasteiger partial charge in [-0.25, -0.2) is 0 Å². The summed E-state index contributed by atoms with van der Waals surface area (Å²) >= 11 is 0. The van der Waals surface area contributed by atoms with Gasteiger partial charge in [0.05, 0.1) is 0 Å². The quantitative estimate of drug-likeness (QED) is 0.425. The third-order valence-electron chi connectivity index (χ3n) is 0.574. The number of nitrogens with two attached hydrogens (primary N) is 1. The molecular formula is C5H12N2O. The molecule has 0 aliphatic heterocycles. The van der Waals surface area contributed by atoms with Crippen LogP contribution in [0.4, 0.5) is 0 Å². The van der Waals surface area contributed by atoms with Crippen LogP contribution in [0, 0.1) is 0 Å². The summed E-state index contributed by atoms with van der Waals surface area (Å²) in [4.78, 5) is 4.65. The lowest BCUT2D eigenvalue weighted by Crippen LogP contribution is -1.98. The van der Waals surface area contributed by atoms with E-state index in [-0.39, 0.29) is 0 Å². The molecule has 0 aliphatic carbocycles. The zero-order valence-electron chi connectivity index (χ0n) is 5.13. The van der Waals surface area contributed by atoms with Gasteiger partial charge in [-0.3, -0.25) is 0 Å². The Bertz CT molecular complexity index is 55.4. The fraction of sp³-hybridized carbons (Fsp3) is 0.800. The second-order valence-electron chi connectivity index (χ2n) is 1.28. The first-order valence-electron chi connectivity index (χ1n) is 2.75. The van der Waals surface area contributed by atoms with Crippen molar-refractivity contribution in [3.05, 3.63) is 0 Å². The maximum Gasteiger partial charge on any atom is 0.114 e. The van der Waals surface area contributed by atoms with E-state index in [4.69, 9.17) is 5.73 Å². The van der Waals surface area contributed by atoms with E-state index in [1.54, 1.807) is 6.21 Å². The molecule has 0 aliphatic rings. The van der Waals surface area contributed by atoms with Gasteiger partial charge in [0, 0.05) is 6.21 Å². The van der Waals surface area contributed by atoms with E-state index in [1.807, 2.05) is 6.92 Å². The van der Waals surface area contributed by atoms with Crippen LogP contribution in [-0.4, -0.2) is 19.4 Å². The summed E-state index contributed by atoms with van der Waals surface area (Å²) in [5, 5.41) is 3.57. The summed E-state index contributed by atoms with van der Waals surface area (Å²) in [6, 6.07) is 0. The molecule has 0 atom stereocenters. The Hall–Kier alpha value is -0.570. The van der Waals surface area contributed by atoms with Gasteiger partial charge in [-0.2, -0.15) is 0 Å². The molecule has 0 heterocycles. The van der Waals surface area contributed by atoms with Crippen molar-refractivity contribution in [1.82, 2.24) is 0 Å². The number of rotatable bonds is 4. The second kappa shape index (κ2) is 6.43. The van der Waals surface area contributed by atoms with Gasteiger partial charge < -0.3 is 10.6 Å². The van der Waals surface area contributed by atoms with Crippen LogP contribution in [-0.2, 0) is 4.84 Å². The number of nitrogens with zero attached hydrogens (tertiary/aromatic N) is 1. The largest absolute Gasteiger partial charge is 0.396 e. The average molecular weight is 116 g/mol. The third-order valence-corrected chi connectivity index (χ3v) is 0.574. The van der Waals surface area contributed by atoms with Gasteiger partial charge in [0.2, 0.25) is 0 Å².